The highest BCUT2D eigenvalue weighted by molar-refractivity contribution is 9.10. The molecular formula is C11H11BrO4. The van der Waals surface area contributed by atoms with Gasteiger partial charge in [-0.15, -0.1) is 0 Å². The largest absolute Gasteiger partial charge is 0.496 e. The molecule has 0 unspecified atom stereocenters. The molecule has 0 spiro atoms. The Balaban J connectivity index is 3.06. The number of hydrogen-bond acceptors (Lipinski definition) is 4. The average Bonchev–Trinajstić information content (AvgIpc) is 2.28. The van der Waals surface area contributed by atoms with E-state index in [1.165, 1.54) is 13.2 Å². The number of halogens is 1. The first-order chi connectivity index (χ1) is 7.60. The van der Waals surface area contributed by atoms with Crippen molar-refractivity contribution < 1.29 is 19.1 Å². The van der Waals surface area contributed by atoms with Crippen LogP contribution in [0.25, 0.3) is 0 Å². The van der Waals surface area contributed by atoms with Crippen LogP contribution in [-0.4, -0.2) is 25.5 Å². The predicted octanol–water partition coefficient (Wildman–Crippen LogP) is 2.20. The normalized spacial score (nSPS) is 9.69. The van der Waals surface area contributed by atoms with Gasteiger partial charge in [0.05, 0.1) is 19.3 Å². The maximum absolute atomic E-state index is 11.7. The van der Waals surface area contributed by atoms with Crippen molar-refractivity contribution in [2.75, 3.05) is 13.7 Å². The van der Waals surface area contributed by atoms with Gasteiger partial charge in [-0.2, -0.15) is 0 Å². The molecule has 0 bridgehead atoms. The fourth-order valence-electron chi connectivity index (χ4n) is 1.16. The minimum atomic E-state index is -0.876. The van der Waals surface area contributed by atoms with Gasteiger partial charge < -0.3 is 9.47 Å². The van der Waals surface area contributed by atoms with Crippen molar-refractivity contribution in [3.8, 4) is 5.75 Å². The number of methoxy groups -OCH3 is 1. The maximum atomic E-state index is 11.7. The molecule has 86 valence electrons. The highest BCUT2D eigenvalue weighted by Crippen LogP contribution is 2.23. The summed E-state index contributed by atoms with van der Waals surface area (Å²) < 4.78 is 10.3. The molecule has 0 aliphatic carbocycles. The van der Waals surface area contributed by atoms with Crippen molar-refractivity contribution in [2.45, 2.75) is 6.92 Å². The van der Waals surface area contributed by atoms with Crippen LogP contribution in [0.4, 0.5) is 0 Å². The Labute approximate surface area is 102 Å². The molecule has 0 saturated heterocycles. The highest BCUT2D eigenvalue weighted by Gasteiger charge is 2.21. The molecule has 0 atom stereocenters. The molecule has 0 heterocycles. The molecule has 0 radical (unpaired) electrons. The van der Waals surface area contributed by atoms with Gasteiger partial charge in [0, 0.05) is 4.47 Å². The van der Waals surface area contributed by atoms with E-state index in [9.17, 15) is 9.59 Å². The molecule has 0 N–H and O–H groups in total. The Hall–Kier alpha value is -1.36. The number of ether oxygens (including phenoxy) is 2. The lowest BCUT2D eigenvalue weighted by molar-refractivity contribution is -0.137. The zero-order valence-corrected chi connectivity index (χ0v) is 10.5. The second kappa shape index (κ2) is 5.65. The first kappa shape index (κ1) is 12.7. The van der Waals surface area contributed by atoms with Gasteiger partial charge in [0.15, 0.2) is 0 Å². The van der Waals surface area contributed by atoms with Crippen LogP contribution >= 0.6 is 15.9 Å². The summed E-state index contributed by atoms with van der Waals surface area (Å²) in [5.74, 6) is -1.24. The van der Waals surface area contributed by atoms with Crippen LogP contribution in [0.5, 0.6) is 5.75 Å². The monoisotopic (exact) mass is 286 g/mol. The summed E-state index contributed by atoms with van der Waals surface area (Å²) in [6, 6.07) is 4.86. The van der Waals surface area contributed by atoms with Gasteiger partial charge in [0.2, 0.25) is 0 Å². The van der Waals surface area contributed by atoms with Crippen LogP contribution in [0.15, 0.2) is 22.7 Å². The molecule has 5 heteroatoms. The van der Waals surface area contributed by atoms with Gasteiger partial charge >= 0.3 is 5.97 Å². The molecule has 0 saturated carbocycles. The van der Waals surface area contributed by atoms with Crippen LogP contribution in [0.3, 0.4) is 0 Å². The standard InChI is InChI=1S/C11H11BrO4/c1-3-16-11(14)10(13)8-6-7(12)4-5-9(8)15-2/h4-6H,3H2,1-2H3. The van der Waals surface area contributed by atoms with Gasteiger partial charge in [0.25, 0.3) is 5.78 Å². The molecule has 4 nitrogen and oxygen atoms in total. The third-order valence-electron chi connectivity index (χ3n) is 1.87. The SMILES string of the molecule is CCOC(=O)C(=O)c1cc(Br)ccc1OC. The Morgan fingerprint density at radius 2 is 2.06 bits per heavy atom. The molecule has 0 aliphatic heterocycles. The van der Waals surface area contributed by atoms with E-state index in [4.69, 9.17) is 4.74 Å². The lowest BCUT2D eigenvalue weighted by Crippen LogP contribution is -2.18. The summed E-state index contributed by atoms with van der Waals surface area (Å²) in [7, 11) is 1.44. The smallest absolute Gasteiger partial charge is 0.379 e. The molecule has 0 fully saturated rings. The van der Waals surface area contributed by atoms with E-state index in [1.807, 2.05) is 0 Å². The third-order valence-corrected chi connectivity index (χ3v) is 2.36. The van der Waals surface area contributed by atoms with Gasteiger partial charge in [-0.25, -0.2) is 4.79 Å². The summed E-state index contributed by atoms with van der Waals surface area (Å²) in [6.07, 6.45) is 0. The van der Waals surface area contributed by atoms with E-state index in [0.29, 0.717) is 10.2 Å². The Bertz CT molecular complexity index is 414. The quantitative estimate of drug-likeness (QED) is 0.484. The van der Waals surface area contributed by atoms with E-state index in [0.717, 1.165) is 0 Å². The Morgan fingerprint density at radius 3 is 2.62 bits per heavy atom. The van der Waals surface area contributed by atoms with E-state index >= 15 is 0 Å². The van der Waals surface area contributed by atoms with Gasteiger partial charge in [-0.3, -0.25) is 4.79 Å². The van der Waals surface area contributed by atoms with Crippen LogP contribution in [0.1, 0.15) is 17.3 Å². The van der Waals surface area contributed by atoms with E-state index in [-0.39, 0.29) is 12.2 Å². The molecule has 1 aromatic carbocycles. The Morgan fingerprint density at radius 1 is 1.38 bits per heavy atom. The first-order valence-corrected chi connectivity index (χ1v) is 5.44. The number of rotatable bonds is 4. The molecule has 0 amide bonds. The van der Waals surface area contributed by atoms with Gasteiger partial charge in [0.1, 0.15) is 5.75 Å². The second-order valence-electron chi connectivity index (χ2n) is 2.89. The van der Waals surface area contributed by atoms with Gasteiger partial charge in [-0.05, 0) is 25.1 Å². The van der Waals surface area contributed by atoms with Crippen molar-refractivity contribution in [1.29, 1.82) is 0 Å². The van der Waals surface area contributed by atoms with Crippen molar-refractivity contribution >= 4 is 27.7 Å². The van der Waals surface area contributed by atoms with E-state index in [2.05, 4.69) is 20.7 Å². The predicted molar refractivity (Wildman–Crippen MR) is 61.7 cm³/mol. The summed E-state index contributed by atoms with van der Waals surface area (Å²) in [4.78, 5) is 23.0. The number of carbonyl (C=O) groups excluding carboxylic acids is 2. The molecular weight excluding hydrogens is 276 g/mol. The summed E-state index contributed by atoms with van der Waals surface area (Å²) in [6.45, 7) is 1.81. The molecule has 0 aromatic heterocycles. The van der Waals surface area contributed by atoms with Crippen LogP contribution in [0.2, 0.25) is 0 Å². The zero-order chi connectivity index (χ0) is 12.1. The van der Waals surface area contributed by atoms with Crippen molar-refractivity contribution in [1.82, 2.24) is 0 Å². The van der Waals surface area contributed by atoms with Crippen LogP contribution in [0, 0.1) is 0 Å². The highest BCUT2D eigenvalue weighted by atomic mass is 79.9. The molecule has 0 aliphatic rings. The summed E-state index contributed by atoms with van der Waals surface area (Å²) in [5.41, 5.74) is 0.190. The number of esters is 1. The minimum Gasteiger partial charge on any atom is -0.496 e. The number of benzene rings is 1. The summed E-state index contributed by atoms with van der Waals surface area (Å²) in [5, 5.41) is 0. The van der Waals surface area contributed by atoms with Crippen LogP contribution in [-0.2, 0) is 9.53 Å². The summed E-state index contributed by atoms with van der Waals surface area (Å²) >= 11 is 3.22. The van der Waals surface area contributed by atoms with E-state index < -0.39 is 11.8 Å². The van der Waals surface area contributed by atoms with Crippen molar-refractivity contribution in [2.24, 2.45) is 0 Å². The lowest BCUT2D eigenvalue weighted by Gasteiger charge is -2.07. The minimum absolute atomic E-state index is 0.168. The number of ketones is 1. The van der Waals surface area contributed by atoms with E-state index in [1.54, 1.807) is 19.1 Å². The third kappa shape index (κ3) is 2.82. The second-order valence-corrected chi connectivity index (χ2v) is 3.81. The van der Waals surface area contributed by atoms with Crippen molar-refractivity contribution in [3.63, 3.8) is 0 Å². The number of carbonyl (C=O) groups is 2. The Kier molecular flexibility index (Phi) is 4.49. The average molecular weight is 287 g/mol. The maximum Gasteiger partial charge on any atom is 0.379 e. The number of Topliss-reactive ketones (excluding diaryl/α,β-unsaturated/α-hetero) is 1. The number of hydrogen-bond donors (Lipinski definition) is 0. The zero-order valence-electron chi connectivity index (χ0n) is 8.95. The fraction of sp³-hybridized carbons (Fsp3) is 0.273. The van der Waals surface area contributed by atoms with Crippen molar-refractivity contribution in [3.05, 3.63) is 28.2 Å². The lowest BCUT2D eigenvalue weighted by atomic mass is 10.1. The molecule has 1 aromatic rings. The molecule has 16 heavy (non-hydrogen) atoms. The molecule has 1 rings (SSSR count). The first-order valence-electron chi connectivity index (χ1n) is 4.65. The van der Waals surface area contributed by atoms with Crippen LogP contribution < -0.4 is 4.74 Å². The topological polar surface area (TPSA) is 52.6 Å². The fourth-order valence-corrected chi connectivity index (χ4v) is 1.53. The van der Waals surface area contributed by atoms with Gasteiger partial charge in [-0.1, -0.05) is 15.9 Å².